The molecule has 6 heteroatoms. The van der Waals surface area contributed by atoms with Crippen molar-refractivity contribution in [1.29, 1.82) is 0 Å². The van der Waals surface area contributed by atoms with Gasteiger partial charge >= 0.3 is 0 Å². The molecule has 136 valence electrons. The van der Waals surface area contributed by atoms with E-state index < -0.39 is 0 Å². The van der Waals surface area contributed by atoms with Crippen LogP contribution in [0.4, 0.5) is 0 Å². The van der Waals surface area contributed by atoms with Gasteiger partial charge in [-0.05, 0) is 31.9 Å². The molecule has 2 aliphatic heterocycles. The summed E-state index contributed by atoms with van der Waals surface area (Å²) in [6, 6.07) is 6.34. The first-order chi connectivity index (χ1) is 12.0. The number of benzene rings is 1. The van der Waals surface area contributed by atoms with Gasteiger partial charge in [0, 0.05) is 13.1 Å². The van der Waals surface area contributed by atoms with Crippen molar-refractivity contribution in [1.82, 2.24) is 15.1 Å². The number of carbonyl (C=O) groups excluding carboxylic acids is 2. The Morgan fingerprint density at radius 1 is 1.36 bits per heavy atom. The normalized spacial score (nSPS) is 24.5. The van der Waals surface area contributed by atoms with Crippen LogP contribution in [0, 0.1) is 13.8 Å². The molecule has 3 rings (SSSR count). The average molecular weight is 345 g/mol. The Kier molecular flexibility index (Phi) is 5.39. The molecule has 0 aliphatic carbocycles. The maximum atomic E-state index is 12.8. The van der Waals surface area contributed by atoms with Crippen LogP contribution in [0.5, 0.6) is 0 Å². The first kappa shape index (κ1) is 17.9. The van der Waals surface area contributed by atoms with Crippen LogP contribution in [0.3, 0.4) is 0 Å². The molecule has 6 nitrogen and oxygen atoms in total. The second-order valence-corrected chi connectivity index (χ2v) is 7.07. The summed E-state index contributed by atoms with van der Waals surface area (Å²) >= 11 is 0. The molecule has 0 aromatic heterocycles. The number of nitrogens with one attached hydrogen (secondary N) is 1. The van der Waals surface area contributed by atoms with E-state index in [0.717, 1.165) is 12.1 Å². The van der Waals surface area contributed by atoms with Crippen molar-refractivity contribution in [2.45, 2.75) is 32.9 Å². The van der Waals surface area contributed by atoms with Gasteiger partial charge in [-0.15, -0.1) is 0 Å². The van der Waals surface area contributed by atoms with E-state index in [4.69, 9.17) is 4.74 Å². The highest BCUT2D eigenvalue weighted by atomic mass is 16.5. The third-order valence-corrected chi connectivity index (χ3v) is 5.05. The third-order valence-electron chi connectivity index (χ3n) is 5.05. The predicted octanol–water partition coefficient (Wildman–Crippen LogP) is 1.02. The van der Waals surface area contributed by atoms with Gasteiger partial charge in [-0.1, -0.05) is 23.8 Å². The summed E-state index contributed by atoms with van der Waals surface area (Å²) in [7, 11) is 0. The first-order valence-corrected chi connectivity index (χ1v) is 8.92. The van der Waals surface area contributed by atoms with E-state index in [9.17, 15) is 9.59 Å². The lowest BCUT2D eigenvalue weighted by Crippen LogP contribution is -2.55. The van der Waals surface area contributed by atoms with Gasteiger partial charge in [0.25, 0.3) is 0 Å². The van der Waals surface area contributed by atoms with Crippen LogP contribution in [0.15, 0.2) is 18.2 Å². The van der Waals surface area contributed by atoms with Gasteiger partial charge in [-0.3, -0.25) is 9.59 Å². The number of aryl methyl sites for hydroxylation is 2. The standard InChI is InChI=1S/C19H27N3O3/c1-13-4-5-14(2)16(8-13)17-10-22(15(3)12-25-17)19(24)11-21-7-6-20-9-18(21)23/h4-5,8,15,17,20H,6-7,9-12H2,1-3H3/t15-,17+/m0/s1. The zero-order valence-corrected chi connectivity index (χ0v) is 15.2. The van der Waals surface area contributed by atoms with Gasteiger partial charge in [-0.2, -0.15) is 0 Å². The minimum absolute atomic E-state index is 0.00126. The van der Waals surface area contributed by atoms with E-state index in [-0.39, 0.29) is 30.5 Å². The smallest absolute Gasteiger partial charge is 0.242 e. The molecular weight excluding hydrogens is 318 g/mol. The van der Waals surface area contributed by atoms with Crippen molar-refractivity contribution in [2.24, 2.45) is 0 Å². The number of morpholine rings is 1. The number of ether oxygens (including phenoxy) is 1. The molecule has 1 N–H and O–H groups in total. The minimum Gasteiger partial charge on any atom is -0.370 e. The summed E-state index contributed by atoms with van der Waals surface area (Å²) in [5.41, 5.74) is 3.50. The molecule has 0 spiro atoms. The maximum Gasteiger partial charge on any atom is 0.242 e. The van der Waals surface area contributed by atoms with E-state index in [2.05, 4.69) is 37.4 Å². The van der Waals surface area contributed by atoms with Crippen LogP contribution in [0.2, 0.25) is 0 Å². The molecule has 2 fully saturated rings. The van der Waals surface area contributed by atoms with Gasteiger partial charge < -0.3 is 19.9 Å². The Hall–Kier alpha value is -1.92. The fourth-order valence-corrected chi connectivity index (χ4v) is 3.47. The SMILES string of the molecule is Cc1ccc(C)c([C@H]2CN(C(=O)CN3CCNCC3=O)[C@@H](C)CO2)c1. The summed E-state index contributed by atoms with van der Waals surface area (Å²) in [4.78, 5) is 28.3. The van der Waals surface area contributed by atoms with Crippen LogP contribution in [0.1, 0.15) is 29.7 Å². The van der Waals surface area contributed by atoms with E-state index >= 15 is 0 Å². The van der Waals surface area contributed by atoms with Crippen molar-refractivity contribution in [2.75, 3.05) is 39.3 Å². The molecule has 1 aromatic rings. The van der Waals surface area contributed by atoms with E-state index in [0.29, 0.717) is 26.2 Å². The Balaban J connectivity index is 1.70. The minimum atomic E-state index is -0.112. The number of rotatable bonds is 3. The van der Waals surface area contributed by atoms with E-state index in [1.807, 2.05) is 11.8 Å². The highest BCUT2D eigenvalue weighted by Crippen LogP contribution is 2.28. The highest BCUT2D eigenvalue weighted by molar-refractivity contribution is 5.86. The molecule has 1 aromatic carbocycles. The van der Waals surface area contributed by atoms with E-state index in [1.54, 1.807) is 4.90 Å². The second-order valence-electron chi connectivity index (χ2n) is 7.07. The van der Waals surface area contributed by atoms with Gasteiger partial charge in [0.05, 0.1) is 32.3 Å². The van der Waals surface area contributed by atoms with Crippen LogP contribution in [0.25, 0.3) is 0 Å². The third kappa shape index (κ3) is 4.02. The molecule has 2 aliphatic rings. The van der Waals surface area contributed by atoms with Crippen LogP contribution < -0.4 is 5.32 Å². The van der Waals surface area contributed by atoms with Crippen molar-refractivity contribution in [3.05, 3.63) is 34.9 Å². The summed E-state index contributed by atoms with van der Waals surface area (Å²) in [6.45, 7) is 8.98. The largest absolute Gasteiger partial charge is 0.370 e. The topological polar surface area (TPSA) is 61.9 Å². The quantitative estimate of drug-likeness (QED) is 0.889. The summed E-state index contributed by atoms with van der Waals surface area (Å²) < 4.78 is 6.02. The molecule has 2 atom stereocenters. The number of nitrogens with zero attached hydrogens (tertiary/aromatic N) is 2. The van der Waals surface area contributed by atoms with Gasteiger partial charge in [0.1, 0.15) is 6.10 Å². The molecule has 2 amide bonds. The van der Waals surface area contributed by atoms with Crippen LogP contribution in [-0.2, 0) is 14.3 Å². The lowest BCUT2D eigenvalue weighted by Gasteiger charge is -2.40. The van der Waals surface area contributed by atoms with Crippen molar-refractivity contribution >= 4 is 11.8 Å². The Morgan fingerprint density at radius 2 is 2.16 bits per heavy atom. The molecule has 0 bridgehead atoms. The van der Waals surface area contributed by atoms with Crippen LogP contribution in [-0.4, -0.2) is 67.0 Å². The van der Waals surface area contributed by atoms with Crippen LogP contribution >= 0.6 is 0 Å². The Labute approximate surface area is 149 Å². The monoisotopic (exact) mass is 345 g/mol. The van der Waals surface area contributed by atoms with E-state index in [1.165, 1.54) is 11.1 Å². The number of amides is 2. The predicted molar refractivity (Wildman–Crippen MR) is 95.2 cm³/mol. The lowest BCUT2D eigenvalue weighted by atomic mass is 9.99. The second kappa shape index (κ2) is 7.54. The number of carbonyl (C=O) groups is 2. The molecule has 0 radical (unpaired) electrons. The first-order valence-electron chi connectivity index (χ1n) is 8.92. The number of hydrogen-bond acceptors (Lipinski definition) is 4. The van der Waals surface area contributed by atoms with Crippen molar-refractivity contribution in [3.8, 4) is 0 Å². The lowest BCUT2D eigenvalue weighted by molar-refractivity contribution is -0.149. The highest BCUT2D eigenvalue weighted by Gasteiger charge is 2.32. The Morgan fingerprint density at radius 3 is 2.92 bits per heavy atom. The number of hydrogen-bond donors (Lipinski definition) is 1. The zero-order chi connectivity index (χ0) is 18.0. The molecule has 2 heterocycles. The fourth-order valence-electron chi connectivity index (χ4n) is 3.47. The Bertz CT molecular complexity index is 661. The zero-order valence-electron chi connectivity index (χ0n) is 15.2. The average Bonchev–Trinajstić information content (AvgIpc) is 2.59. The van der Waals surface area contributed by atoms with Gasteiger partial charge in [0.2, 0.25) is 11.8 Å². The molecule has 0 unspecified atom stereocenters. The number of piperazine rings is 1. The maximum absolute atomic E-state index is 12.8. The molecule has 2 saturated heterocycles. The fraction of sp³-hybridized carbons (Fsp3) is 0.579. The van der Waals surface area contributed by atoms with Crippen molar-refractivity contribution < 1.29 is 14.3 Å². The molecular formula is C19H27N3O3. The molecule has 25 heavy (non-hydrogen) atoms. The molecule has 0 saturated carbocycles. The summed E-state index contributed by atoms with van der Waals surface area (Å²) in [5, 5.41) is 3.03. The van der Waals surface area contributed by atoms with Gasteiger partial charge in [-0.25, -0.2) is 0 Å². The van der Waals surface area contributed by atoms with Crippen molar-refractivity contribution in [3.63, 3.8) is 0 Å². The summed E-state index contributed by atoms with van der Waals surface area (Å²) in [6.07, 6.45) is -0.112. The van der Waals surface area contributed by atoms with Gasteiger partial charge in [0.15, 0.2) is 0 Å². The summed E-state index contributed by atoms with van der Waals surface area (Å²) in [5.74, 6) is -0.00653.